The molecule has 0 aliphatic heterocycles. The molecule has 0 saturated heterocycles. The van der Waals surface area contributed by atoms with Gasteiger partial charge >= 0.3 is 5.69 Å². The molecule has 0 aliphatic carbocycles. The molecule has 0 bridgehead atoms. The van der Waals surface area contributed by atoms with Gasteiger partial charge in [-0.3, -0.25) is 15.1 Å². The smallest absolute Gasteiger partial charge is 0.314 e. The summed E-state index contributed by atoms with van der Waals surface area (Å²) in [6.07, 6.45) is 1.16. The maximum absolute atomic E-state index is 10.2. The molecule has 6 nitrogen and oxygen atoms in total. The van der Waals surface area contributed by atoms with Crippen LogP contribution in [0.15, 0.2) is 12.3 Å². The van der Waals surface area contributed by atoms with Gasteiger partial charge in [-0.15, -0.1) is 0 Å². The molecule has 0 atom stereocenters. The third-order valence-corrected chi connectivity index (χ3v) is 1.33. The van der Waals surface area contributed by atoms with Crippen molar-refractivity contribution < 1.29 is 15.1 Å². The van der Waals surface area contributed by atoms with E-state index in [9.17, 15) is 10.1 Å². The summed E-state index contributed by atoms with van der Waals surface area (Å²) in [6, 6.07) is 1.06. The second-order valence-electron chi connectivity index (χ2n) is 2.04. The monoisotopic (exact) mass is 170 g/mol. The molecule has 1 heterocycles. The Balaban J connectivity index is 3.23. The number of aliphatic hydroxyl groups excluding tert-OH is 1. The normalized spacial score (nSPS) is 9.75. The number of rotatable bonds is 2. The Morgan fingerprint density at radius 3 is 2.83 bits per heavy atom. The lowest BCUT2D eigenvalue weighted by Crippen LogP contribution is -1.94. The summed E-state index contributed by atoms with van der Waals surface area (Å²) in [7, 11) is 0. The minimum absolute atomic E-state index is 0.0933. The average Bonchev–Trinajstić information content (AvgIpc) is 2.04. The van der Waals surface area contributed by atoms with Crippen molar-refractivity contribution in [3.05, 3.63) is 28.1 Å². The zero-order valence-electron chi connectivity index (χ0n) is 5.97. The molecule has 2 N–H and O–H groups in total. The minimum Gasteiger partial charge on any atom is -0.501 e. The lowest BCUT2D eigenvalue weighted by Gasteiger charge is -1.98. The number of aromatic hydroxyl groups is 1. The predicted octanol–water partition coefficient (Wildman–Crippen LogP) is 0.188. The molecule has 0 amide bonds. The number of hydrogen-bond acceptors (Lipinski definition) is 5. The van der Waals surface area contributed by atoms with Crippen LogP contribution in [0.3, 0.4) is 0 Å². The highest BCUT2D eigenvalue weighted by molar-refractivity contribution is 5.46. The summed E-state index contributed by atoms with van der Waals surface area (Å²) in [5.41, 5.74) is -0.543. The van der Waals surface area contributed by atoms with Gasteiger partial charge in [0.2, 0.25) is 5.75 Å². The highest BCUT2D eigenvalue weighted by Gasteiger charge is 2.16. The Kier molecular flexibility index (Phi) is 2.20. The highest BCUT2D eigenvalue weighted by atomic mass is 16.6. The number of nitro groups is 1. The maximum atomic E-state index is 10.2. The van der Waals surface area contributed by atoms with Crippen molar-refractivity contribution in [3.8, 4) is 5.75 Å². The van der Waals surface area contributed by atoms with Gasteiger partial charge in [0.1, 0.15) is 5.69 Å². The first-order valence-electron chi connectivity index (χ1n) is 3.09. The van der Waals surface area contributed by atoms with Crippen molar-refractivity contribution in [2.75, 3.05) is 0 Å². The van der Waals surface area contributed by atoms with Gasteiger partial charge in [-0.05, 0) is 0 Å². The van der Waals surface area contributed by atoms with Gasteiger partial charge in [0.05, 0.1) is 11.5 Å². The van der Waals surface area contributed by atoms with E-state index < -0.39 is 23.0 Å². The Morgan fingerprint density at radius 2 is 2.33 bits per heavy atom. The van der Waals surface area contributed by atoms with Crippen molar-refractivity contribution >= 4 is 5.69 Å². The van der Waals surface area contributed by atoms with Gasteiger partial charge in [0.25, 0.3) is 0 Å². The highest BCUT2D eigenvalue weighted by Crippen LogP contribution is 2.26. The third-order valence-electron chi connectivity index (χ3n) is 1.33. The standard InChI is InChI=1S/C6H6N2O4/c9-3-4-6(10)5(8(11)12)1-2-7-4/h1-2,9-10H,3H2. The summed E-state index contributed by atoms with van der Waals surface area (Å²) >= 11 is 0. The molecular weight excluding hydrogens is 164 g/mol. The van der Waals surface area contributed by atoms with Gasteiger partial charge < -0.3 is 10.2 Å². The van der Waals surface area contributed by atoms with Gasteiger partial charge in [-0.1, -0.05) is 0 Å². The molecule has 0 unspecified atom stereocenters. The summed E-state index contributed by atoms with van der Waals surface area (Å²) < 4.78 is 0. The van der Waals surface area contributed by atoms with Crippen LogP contribution in [0.2, 0.25) is 0 Å². The maximum Gasteiger partial charge on any atom is 0.314 e. The molecule has 0 saturated carbocycles. The fraction of sp³-hybridized carbons (Fsp3) is 0.167. The van der Waals surface area contributed by atoms with E-state index in [4.69, 9.17) is 10.2 Å². The predicted molar refractivity (Wildman–Crippen MR) is 38.5 cm³/mol. The van der Waals surface area contributed by atoms with Gasteiger partial charge in [0.15, 0.2) is 0 Å². The van der Waals surface area contributed by atoms with Gasteiger partial charge in [-0.25, -0.2) is 0 Å². The molecule has 0 fully saturated rings. The Hall–Kier alpha value is -1.69. The molecule has 0 radical (unpaired) electrons. The lowest BCUT2D eigenvalue weighted by molar-refractivity contribution is -0.386. The zero-order chi connectivity index (χ0) is 9.14. The molecule has 12 heavy (non-hydrogen) atoms. The summed E-state index contributed by atoms with van der Waals surface area (Å²) in [6.45, 7) is -0.520. The van der Waals surface area contributed by atoms with Crippen LogP contribution in [-0.4, -0.2) is 20.1 Å². The zero-order valence-corrected chi connectivity index (χ0v) is 5.97. The first-order chi connectivity index (χ1) is 5.66. The van der Waals surface area contributed by atoms with Crippen LogP contribution < -0.4 is 0 Å². The fourth-order valence-corrected chi connectivity index (χ4v) is 0.749. The molecule has 6 heteroatoms. The second-order valence-corrected chi connectivity index (χ2v) is 2.04. The van der Waals surface area contributed by atoms with Crippen molar-refractivity contribution in [2.45, 2.75) is 6.61 Å². The third kappa shape index (κ3) is 1.32. The average molecular weight is 170 g/mol. The topological polar surface area (TPSA) is 96.5 Å². The van der Waals surface area contributed by atoms with Crippen LogP contribution in [-0.2, 0) is 6.61 Å². The van der Waals surface area contributed by atoms with Crippen molar-refractivity contribution in [1.82, 2.24) is 4.98 Å². The van der Waals surface area contributed by atoms with E-state index in [0.29, 0.717) is 0 Å². The van der Waals surface area contributed by atoms with E-state index in [2.05, 4.69) is 4.98 Å². The Labute approximate surface area is 67.3 Å². The SMILES string of the molecule is O=[N+]([O-])c1ccnc(CO)c1O. The number of aliphatic hydroxyl groups is 1. The largest absolute Gasteiger partial charge is 0.501 e. The fourth-order valence-electron chi connectivity index (χ4n) is 0.749. The molecule has 0 spiro atoms. The van der Waals surface area contributed by atoms with E-state index in [1.807, 2.05) is 0 Å². The molecule has 0 aromatic carbocycles. The lowest BCUT2D eigenvalue weighted by atomic mass is 10.3. The van der Waals surface area contributed by atoms with E-state index in [1.165, 1.54) is 0 Å². The Morgan fingerprint density at radius 1 is 1.67 bits per heavy atom. The van der Waals surface area contributed by atoms with Crippen LogP contribution in [0.4, 0.5) is 5.69 Å². The van der Waals surface area contributed by atoms with E-state index in [-0.39, 0.29) is 5.69 Å². The van der Waals surface area contributed by atoms with E-state index >= 15 is 0 Å². The van der Waals surface area contributed by atoms with Crippen LogP contribution in [0.1, 0.15) is 5.69 Å². The quantitative estimate of drug-likeness (QED) is 0.487. The van der Waals surface area contributed by atoms with Crippen LogP contribution in [0.25, 0.3) is 0 Å². The van der Waals surface area contributed by atoms with Crippen LogP contribution in [0, 0.1) is 10.1 Å². The molecule has 64 valence electrons. The summed E-state index contributed by atoms with van der Waals surface area (Å²) in [4.78, 5) is 13.0. The van der Waals surface area contributed by atoms with E-state index in [1.54, 1.807) is 0 Å². The number of aromatic nitrogens is 1. The van der Waals surface area contributed by atoms with Crippen molar-refractivity contribution in [1.29, 1.82) is 0 Å². The van der Waals surface area contributed by atoms with Crippen molar-refractivity contribution in [2.24, 2.45) is 0 Å². The summed E-state index contributed by atoms with van der Waals surface area (Å²) in [5, 5.41) is 27.9. The van der Waals surface area contributed by atoms with Gasteiger partial charge in [0, 0.05) is 12.3 Å². The number of pyridine rings is 1. The van der Waals surface area contributed by atoms with Crippen LogP contribution >= 0.6 is 0 Å². The van der Waals surface area contributed by atoms with E-state index in [0.717, 1.165) is 12.3 Å². The second kappa shape index (κ2) is 3.14. The molecule has 1 aromatic heterocycles. The summed E-state index contributed by atoms with van der Waals surface area (Å²) in [5.74, 6) is -0.579. The van der Waals surface area contributed by atoms with Crippen LogP contribution in [0.5, 0.6) is 5.75 Å². The molecule has 1 rings (SSSR count). The molecule has 1 aromatic rings. The van der Waals surface area contributed by atoms with Gasteiger partial charge in [-0.2, -0.15) is 0 Å². The molecule has 0 aliphatic rings. The van der Waals surface area contributed by atoms with Crippen molar-refractivity contribution in [3.63, 3.8) is 0 Å². The number of nitrogens with zero attached hydrogens (tertiary/aromatic N) is 2. The number of hydrogen-bond donors (Lipinski definition) is 2. The first kappa shape index (κ1) is 8.41. The Bertz CT molecular complexity index is 312. The molecular formula is C6H6N2O4. The minimum atomic E-state index is -0.740. The first-order valence-corrected chi connectivity index (χ1v) is 3.09.